The summed E-state index contributed by atoms with van der Waals surface area (Å²) in [6.07, 6.45) is 1.61. The summed E-state index contributed by atoms with van der Waals surface area (Å²) in [4.78, 5) is 26.2. The minimum Gasteiger partial charge on any atom is -0.497 e. The third-order valence-corrected chi connectivity index (χ3v) is 5.60. The molecule has 0 bridgehead atoms. The number of hydrogen-bond acceptors (Lipinski definition) is 7. The molecular formula is C24H21N3O5S. The molecule has 4 rings (SSSR count). The van der Waals surface area contributed by atoms with Crippen LogP contribution in [-0.2, 0) is 9.53 Å². The number of anilines is 1. The van der Waals surface area contributed by atoms with Crippen molar-refractivity contribution in [3.63, 3.8) is 0 Å². The molecule has 1 N–H and O–H groups in total. The highest BCUT2D eigenvalue weighted by Crippen LogP contribution is 2.30. The predicted molar refractivity (Wildman–Crippen MR) is 125 cm³/mol. The fraction of sp³-hybridized carbons (Fsp3) is 0.125. The van der Waals surface area contributed by atoms with E-state index in [1.807, 2.05) is 47.8 Å². The zero-order valence-corrected chi connectivity index (χ0v) is 18.8. The van der Waals surface area contributed by atoms with Crippen LogP contribution in [0.4, 0.5) is 5.69 Å². The topological polar surface area (TPSA) is 91.7 Å². The highest BCUT2D eigenvalue weighted by molar-refractivity contribution is 7.13. The van der Waals surface area contributed by atoms with Gasteiger partial charge in [0.1, 0.15) is 22.8 Å². The summed E-state index contributed by atoms with van der Waals surface area (Å²) in [7, 11) is 3.02. The average Bonchev–Trinajstić information content (AvgIpc) is 3.53. The summed E-state index contributed by atoms with van der Waals surface area (Å²) >= 11 is 1.46. The Balaban J connectivity index is 1.51. The molecule has 0 atom stereocenters. The number of nitrogens with one attached hydrogen (secondary N) is 1. The van der Waals surface area contributed by atoms with E-state index in [0.29, 0.717) is 22.9 Å². The van der Waals surface area contributed by atoms with Gasteiger partial charge in [-0.1, -0.05) is 24.3 Å². The number of aromatic nitrogens is 2. The van der Waals surface area contributed by atoms with E-state index in [4.69, 9.17) is 14.2 Å². The summed E-state index contributed by atoms with van der Waals surface area (Å²) in [6, 6.07) is 18.2. The van der Waals surface area contributed by atoms with Gasteiger partial charge in [0.15, 0.2) is 6.61 Å². The maximum Gasteiger partial charge on any atom is 0.342 e. The van der Waals surface area contributed by atoms with E-state index in [1.165, 1.54) is 25.6 Å². The van der Waals surface area contributed by atoms with E-state index < -0.39 is 18.5 Å². The fourth-order valence-corrected chi connectivity index (χ4v) is 3.86. The lowest BCUT2D eigenvalue weighted by Crippen LogP contribution is -2.21. The fourth-order valence-electron chi connectivity index (χ4n) is 3.14. The summed E-state index contributed by atoms with van der Waals surface area (Å²) in [5.74, 6) is -0.145. The highest BCUT2D eigenvalue weighted by atomic mass is 32.1. The summed E-state index contributed by atoms with van der Waals surface area (Å²) in [5, 5.41) is 9.16. The van der Waals surface area contributed by atoms with Gasteiger partial charge >= 0.3 is 5.97 Å². The van der Waals surface area contributed by atoms with Crippen LogP contribution in [0.3, 0.4) is 0 Å². The van der Waals surface area contributed by atoms with Crippen molar-refractivity contribution >= 4 is 28.9 Å². The van der Waals surface area contributed by atoms with Crippen LogP contribution in [0.5, 0.6) is 11.5 Å². The van der Waals surface area contributed by atoms with Gasteiger partial charge in [-0.2, -0.15) is 5.10 Å². The third kappa shape index (κ3) is 5.04. The van der Waals surface area contributed by atoms with Crippen molar-refractivity contribution in [2.75, 3.05) is 26.1 Å². The minimum atomic E-state index is -0.645. The molecule has 0 aliphatic rings. The Hall–Kier alpha value is -4.11. The predicted octanol–water partition coefficient (Wildman–Crippen LogP) is 4.41. The lowest BCUT2D eigenvalue weighted by molar-refractivity contribution is -0.119. The van der Waals surface area contributed by atoms with Gasteiger partial charge in [0.2, 0.25) is 0 Å². The zero-order chi connectivity index (χ0) is 23.2. The van der Waals surface area contributed by atoms with E-state index in [9.17, 15) is 9.59 Å². The Morgan fingerprint density at radius 3 is 2.55 bits per heavy atom. The monoisotopic (exact) mass is 463 g/mol. The highest BCUT2D eigenvalue weighted by Gasteiger charge is 2.22. The quantitative estimate of drug-likeness (QED) is 0.389. The molecule has 1 amide bonds. The molecule has 0 unspecified atom stereocenters. The standard InChI is InChI=1S/C24H21N3O5S/c1-30-17-10-11-20(31-2)19(13-17)25-22(28)15-32-24(29)18-14-27(16-7-4-3-5-8-16)26-23(18)21-9-6-12-33-21/h3-14H,15H2,1-2H3,(H,25,28). The molecule has 0 saturated heterocycles. The van der Waals surface area contributed by atoms with Crippen molar-refractivity contribution < 1.29 is 23.8 Å². The maximum atomic E-state index is 12.9. The number of methoxy groups -OCH3 is 2. The average molecular weight is 464 g/mol. The van der Waals surface area contributed by atoms with E-state index in [-0.39, 0.29) is 5.56 Å². The molecule has 2 aromatic heterocycles. The smallest absolute Gasteiger partial charge is 0.342 e. The van der Waals surface area contributed by atoms with Crippen LogP contribution in [0, 0.1) is 0 Å². The van der Waals surface area contributed by atoms with Crippen molar-refractivity contribution in [2.45, 2.75) is 0 Å². The Kier molecular flexibility index (Phi) is 6.70. The second-order valence-corrected chi connectivity index (χ2v) is 7.79. The van der Waals surface area contributed by atoms with Crippen molar-refractivity contribution in [3.8, 4) is 27.8 Å². The number of carbonyl (C=O) groups is 2. The molecule has 33 heavy (non-hydrogen) atoms. The molecule has 9 heteroatoms. The molecule has 2 aromatic carbocycles. The molecule has 0 spiro atoms. The Labute approximate surface area is 194 Å². The molecular weight excluding hydrogens is 442 g/mol. The van der Waals surface area contributed by atoms with Crippen LogP contribution in [-0.4, -0.2) is 42.5 Å². The van der Waals surface area contributed by atoms with Crippen LogP contribution in [0.1, 0.15) is 10.4 Å². The third-order valence-electron chi connectivity index (χ3n) is 4.72. The Morgan fingerprint density at radius 2 is 1.85 bits per heavy atom. The van der Waals surface area contributed by atoms with Gasteiger partial charge in [-0.05, 0) is 35.7 Å². The number of carbonyl (C=O) groups excluding carboxylic acids is 2. The molecule has 0 aliphatic heterocycles. The normalized spacial score (nSPS) is 10.5. The van der Waals surface area contributed by atoms with Crippen LogP contribution in [0.2, 0.25) is 0 Å². The van der Waals surface area contributed by atoms with Crippen molar-refractivity contribution in [2.24, 2.45) is 0 Å². The second kappa shape index (κ2) is 10.0. The first-order valence-corrected chi connectivity index (χ1v) is 10.8. The van der Waals surface area contributed by atoms with Gasteiger partial charge in [0.05, 0.1) is 30.5 Å². The number of benzene rings is 2. The van der Waals surface area contributed by atoms with Gasteiger partial charge in [-0.3, -0.25) is 4.79 Å². The molecule has 0 fully saturated rings. The van der Waals surface area contributed by atoms with Crippen LogP contribution in [0.15, 0.2) is 72.2 Å². The van der Waals surface area contributed by atoms with Gasteiger partial charge in [0, 0.05) is 12.3 Å². The number of para-hydroxylation sites is 1. The lowest BCUT2D eigenvalue weighted by Gasteiger charge is -2.12. The number of hydrogen-bond donors (Lipinski definition) is 1. The molecule has 168 valence electrons. The number of esters is 1. The number of rotatable bonds is 8. The SMILES string of the molecule is COc1ccc(OC)c(NC(=O)COC(=O)c2cn(-c3ccccc3)nc2-c2cccs2)c1. The minimum absolute atomic E-state index is 0.271. The second-order valence-electron chi connectivity index (χ2n) is 6.84. The van der Waals surface area contributed by atoms with Gasteiger partial charge < -0.3 is 19.5 Å². The van der Waals surface area contributed by atoms with E-state index in [2.05, 4.69) is 10.4 Å². The summed E-state index contributed by atoms with van der Waals surface area (Å²) < 4.78 is 17.4. The Bertz CT molecular complexity index is 1250. The summed E-state index contributed by atoms with van der Waals surface area (Å²) in [6.45, 7) is -0.473. The van der Waals surface area contributed by atoms with Crippen molar-refractivity contribution in [3.05, 3.63) is 77.8 Å². The largest absolute Gasteiger partial charge is 0.497 e. The summed E-state index contributed by atoms with van der Waals surface area (Å²) in [5.41, 5.74) is 1.98. The number of nitrogens with zero attached hydrogens (tertiary/aromatic N) is 2. The lowest BCUT2D eigenvalue weighted by atomic mass is 10.2. The first-order valence-electron chi connectivity index (χ1n) is 9.97. The van der Waals surface area contributed by atoms with Gasteiger partial charge in [-0.25, -0.2) is 9.48 Å². The van der Waals surface area contributed by atoms with Crippen LogP contribution >= 0.6 is 11.3 Å². The Morgan fingerprint density at radius 1 is 1.03 bits per heavy atom. The molecule has 0 aliphatic carbocycles. The van der Waals surface area contributed by atoms with Gasteiger partial charge in [0.25, 0.3) is 5.91 Å². The van der Waals surface area contributed by atoms with Crippen molar-refractivity contribution in [1.82, 2.24) is 9.78 Å². The molecule has 4 aromatic rings. The van der Waals surface area contributed by atoms with Gasteiger partial charge in [-0.15, -0.1) is 11.3 Å². The van der Waals surface area contributed by atoms with Crippen molar-refractivity contribution in [1.29, 1.82) is 0 Å². The maximum absolute atomic E-state index is 12.9. The van der Waals surface area contributed by atoms with Crippen LogP contribution < -0.4 is 14.8 Å². The van der Waals surface area contributed by atoms with E-state index >= 15 is 0 Å². The number of thiophene rings is 1. The molecule has 8 nitrogen and oxygen atoms in total. The molecule has 0 radical (unpaired) electrons. The first-order chi connectivity index (χ1) is 16.1. The number of amides is 1. The van der Waals surface area contributed by atoms with E-state index in [1.54, 1.807) is 29.1 Å². The first kappa shape index (κ1) is 22.1. The molecule has 0 saturated carbocycles. The molecule has 2 heterocycles. The number of ether oxygens (including phenoxy) is 3. The van der Waals surface area contributed by atoms with E-state index in [0.717, 1.165) is 10.6 Å². The van der Waals surface area contributed by atoms with Crippen LogP contribution in [0.25, 0.3) is 16.3 Å². The zero-order valence-electron chi connectivity index (χ0n) is 18.0.